The van der Waals surface area contributed by atoms with Crippen LogP contribution in [-0.2, 0) is 0 Å². The fraction of sp³-hybridized carbons (Fsp3) is 0.833. The molecule has 0 nitrogen and oxygen atoms in total. The molecule has 0 bridgehead atoms. The molecule has 0 aliphatic heterocycles. The van der Waals surface area contributed by atoms with Crippen LogP contribution in [0.25, 0.3) is 0 Å². The van der Waals surface area contributed by atoms with E-state index >= 15 is 0 Å². The van der Waals surface area contributed by atoms with Gasteiger partial charge in [0.2, 0.25) is 0 Å². The number of hydrogen-bond donors (Lipinski definition) is 0. The molecule has 0 heterocycles. The number of allylic oxidation sites excluding steroid dienone is 2. The molecule has 0 saturated heterocycles. The lowest BCUT2D eigenvalue weighted by atomic mass is 9.99. The summed E-state index contributed by atoms with van der Waals surface area (Å²) >= 11 is 0. The average Bonchev–Trinajstić information content (AvgIpc) is 2.60. The summed E-state index contributed by atoms with van der Waals surface area (Å²) in [4.78, 5) is 0. The van der Waals surface area contributed by atoms with E-state index in [0.717, 1.165) is 17.8 Å². The third-order valence-electron chi connectivity index (χ3n) is 2.79. The molecule has 0 spiro atoms. The highest BCUT2D eigenvalue weighted by atomic mass is 14.4. The Bertz CT molecular complexity index is 184. The van der Waals surface area contributed by atoms with Gasteiger partial charge >= 0.3 is 0 Å². The number of hydrogen-bond acceptors (Lipinski definition) is 0. The highest BCUT2D eigenvalue weighted by Gasteiger charge is 2.36. The topological polar surface area (TPSA) is 0 Å². The zero-order chi connectivity index (χ0) is 9.30. The van der Waals surface area contributed by atoms with E-state index in [-0.39, 0.29) is 0 Å². The average molecular weight is 166 g/mol. The van der Waals surface area contributed by atoms with Crippen molar-refractivity contribution in [1.29, 1.82) is 0 Å². The summed E-state index contributed by atoms with van der Waals surface area (Å²) in [5.74, 6) is 2.55. The Hall–Kier alpha value is -0.260. The van der Waals surface area contributed by atoms with Gasteiger partial charge in [0.1, 0.15) is 0 Å². The summed E-state index contributed by atoms with van der Waals surface area (Å²) in [7, 11) is 0. The molecule has 0 N–H and O–H groups in total. The molecule has 0 aromatic heterocycles. The third kappa shape index (κ3) is 1.91. The van der Waals surface area contributed by atoms with Gasteiger partial charge in [-0.05, 0) is 24.7 Å². The van der Waals surface area contributed by atoms with Crippen molar-refractivity contribution in [2.45, 2.75) is 47.5 Å². The third-order valence-corrected chi connectivity index (χ3v) is 2.79. The van der Waals surface area contributed by atoms with Crippen LogP contribution in [-0.4, -0.2) is 0 Å². The van der Waals surface area contributed by atoms with Gasteiger partial charge in [0.05, 0.1) is 0 Å². The van der Waals surface area contributed by atoms with Crippen molar-refractivity contribution in [3.8, 4) is 0 Å². The Morgan fingerprint density at radius 3 is 2.00 bits per heavy atom. The van der Waals surface area contributed by atoms with Crippen LogP contribution in [0.1, 0.15) is 47.5 Å². The SMILES string of the molecule is CCC1=C(C(C)C)C1CC(C)C. The van der Waals surface area contributed by atoms with Gasteiger partial charge < -0.3 is 0 Å². The molecule has 0 aromatic rings. The molecular formula is C12H22. The first kappa shape index (κ1) is 9.83. The summed E-state index contributed by atoms with van der Waals surface area (Å²) in [5, 5.41) is 0. The Morgan fingerprint density at radius 2 is 1.75 bits per heavy atom. The fourth-order valence-electron chi connectivity index (χ4n) is 2.31. The van der Waals surface area contributed by atoms with E-state index in [1.165, 1.54) is 12.8 Å². The molecule has 1 unspecified atom stereocenters. The zero-order valence-electron chi connectivity index (χ0n) is 9.15. The van der Waals surface area contributed by atoms with Crippen LogP contribution in [0.4, 0.5) is 0 Å². The van der Waals surface area contributed by atoms with Crippen molar-refractivity contribution >= 4 is 0 Å². The largest absolute Gasteiger partial charge is 0.0632 e. The molecule has 1 aliphatic rings. The van der Waals surface area contributed by atoms with Gasteiger partial charge in [0, 0.05) is 5.92 Å². The minimum absolute atomic E-state index is 0.795. The molecule has 1 rings (SSSR count). The Balaban J connectivity index is 2.45. The Morgan fingerprint density at radius 1 is 1.17 bits per heavy atom. The first-order chi connectivity index (χ1) is 5.57. The smallest absolute Gasteiger partial charge is 0.00177 e. The molecule has 0 saturated carbocycles. The van der Waals surface area contributed by atoms with Crippen molar-refractivity contribution in [2.24, 2.45) is 17.8 Å². The van der Waals surface area contributed by atoms with Crippen LogP contribution >= 0.6 is 0 Å². The van der Waals surface area contributed by atoms with Crippen molar-refractivity contribution in [3.05, 3.63) is 11.1 Å². The minimum atomic E-state index is 0.795. The standard InChI is InChI=1S/C12H22/c1-6-10-11(7-8(2)3)12(10)9(4)5/h8-9,11H,6-7H2,1-5H3. The maximum atomic E-state index is 2.32. The second-order valence-electron chi connectivity index (χ2n) is 4.67. The first-order valence-corrected chi connectivity index (χ1v) is 5.30. The predicted molar refractivity (Wildman–Crippen MR) is 55.1 cm³/mol. The van der Waals surface area contributed by atoms with Crippen LogP contribution in [0.5, 0.6) is 0 Å². The van der Waals surface area contributed by atoms with Crippen LogP contribution < -0.4 is 0 Å². The van der Waals surface area contributed by atoms with Crippen molar-refractivity contribution in [2.75, 3.05) is 0 Å². The fourth-order valence-corrected chi connectivity index (χ4v) is 2.31. The summed E-state index contributed by atoms with van der Waals surface area (Å²) in [6.45, 7) is 11.6. The van der Waals surface area contributed by atoms with Crippen LogP contribution in [0.3, 0.4) is 0 Å². The van der Waals surface area contributed by atoms with Crippen molar-refractivity contribution < 1.29 is 0 Å². The molecule has 0 radical (unpaired) electrons. The van der Waals surface area contributed by atoms with Gasteiger partial charge in [-0.1, -0.05) is 45.8 Å². The van der Waals surface area contributed by atoms with Crippen LogP contribution in [0.15, 0.2) is 11.1 Å². The minimum Gasteiger partial charge on any atom is -0.0632 e. The van der Waals surface area contributed by atoms with Gasteiger partial charge in [-0.15, -0.1) is 0 Å². The van der Waals surface area contributed by atoms with Gasteiger partial charge in [0.15, 0.2) is 0 Å². The van der Waals surface area contributed by atoms with Gasteiger partial charge in [0.25, 0.3) is 0 Å². The summed E-state index contributed by atoms with van der Waals surface area (Å²) in [6, 6.07) is 0. The molecule has 0 amide bonds. The lowest BCUT2D eigenvalue weighted by Crippen LogP contribution is -1.95. The van der Waals surface area contributed by atoms with Gasteiger partial charge in [-0.2, -0.15) is 0 Å². The Labute approximate surface area is 77.1 Å². The zero-order valence-corrected chi connectivity index (χ0v) is 9.15. The van der Waals surface area contributed by atoms with E-state index < -0.39 is 0 Å². The monoisotopic (exact) mass is 166 g/mol. The number of rotatable bonds is 4. The highest BCUT2D eigenvalue weighted by molar-refractivity contribution is 5.41. The molecular weight excluding hydrogens is 144 g/mol. The maximum absolute atomic E-state index is 2.32. The molecule has 0 aromatic carbocycles. The van der Waals surface area contributed by atoms with E-state index in [2.05, 4.69) is 34.6 Å². The van der Waals surface area contributed by atoms with E-state index in [1.54, 1.807) is 11.1 Å². The van der Waals surface area contributed by atoms with E-state index in [9.17, 15) is 0 Å². The quantitative estimate of drug-likeness (QED) is 0.553. The van der Waals surface area contributed by atoms with Crippen LogP contribution in [0.2, 0.25) is 0 Å². The van der Waals surface area contributed by atoms with E-state index in [4.69, 9.17) is 0 Å². The highest BCUT2D eigenvalue weighted by Crippen LogP contribution is 2.49. The normalized spacial score (nSPS) is 22.8. The van der Waals surface area contributed by atoms with E-state index in [1.807, 2.05) is 0 Å². The molecule has 0 heteroatoms. The van der Waals surface area contributed by atoms with Crippen LogP contribution in [0, 0.1) is 17.8 Å². The van der Waals surface area contributed by atoms with Gasteiger partial charge in [-0.25, -0.2) is 0 Å². The predicted octanol–water partition coefficient (Wildman–Crippen LogP) is 4.02. The second kappa shape index (κ2) is 3.64. The van der Waals surface area contributed by atoms with Crippen molar-refractivity contribution in [3.63, 3.8) is 0 Å². The first-order valence-electron chi connectivity index (χ1n) is 5.30. The Kier molecular flexibility index (Phi) is 2.98. The summed E-state index contributed by atoms with van der Waals surface area (Å²) < 4.78 is 0. The summed E-state index contributed by atoms with van der Waals surface area (Å²) in [5.41, 5.74) is 3.53. The molecule has 70 valence electrons. The lowest BCUT2D eigenvalue weighted by Gasteiger charge is -2.06. The molecule has 0 fully saturated rings. The summed E-state index contributed by atoms with van der Waals surface area (Å²) in [6.07, 6.45) is 2.67. The second-order valence-corrected chi connectivity index (χ2v) is 4.67. The maximum Gasteiger partial charge on any atom is 0.00177 e. The molecule has 1 aliphatic carbocycles. The van der Waals surface area contributed by atoms with Crippen molar-refractivity contribution in [1.82, 2.24) is 0 Å². The lowest BCUT2D eigenvalue weighted by molar-refractivity contribution is 0.531. The molecule has 1 atom stereocenters. The molecule has 12 heavy (non-hydrogen) atoms. The van der Waals surface area contributed by atoms with Gasteiger partial charge in [-0.3, -0.25) is 0 Å². The van der Waals surface area contributed by atoms with E-state index in [0.29, 0.717) is 0 Å².